The van der Waals surface area contributed by atoms with Gasteiger partial charge < -0.3 is 20.4 Å². The molecule has 1 aromatic rings. The number of carbonyl (C=O) groups is 1. The van der Waals surface area contributed by atoms with E-state index in [1.807, 2.05) is 0 Å². The molecule has 0 saturated carbocycles. The number of carbonyl (C=O) groups excluding carboxylic acids is 1. The quantitative estimate of drug-likeness (QED) is 0.168. The highest BCUT2D eigenvalue weighted by Crippen LogP contribution is 2.22. The minimum absolute atomic E-state index is 0. The lowest BCUT2D eigenvalue weighted by molar-refractivity contribution is -0.123. The van der Waals surface area contributed by atoms with Gasteiger partial charge in [0.15, 0.2) is 0 Å². The Labute approximate surface area is 223 Å². The van der Waals surface area contributed by atoms with Gasteiger partial charge in [0.05, 0.1) is 6.04 Å². The Morgan fingerprint density at radius 1 is 0.833 bits per heavy atom. The molecule has 1 saturated heterocycles. The Morgan fingerprint density at radius 3 is 1.81 bits per heavy atom. The number of aliphatic hydroxyl groups excluding tert-OH is 1. The molecule has 0 aliphatic carbocycles. The molecule has 1 heterocycles. The summed E-state index contributed by atoms with van der Waals surface area (Å²) in [7, 11) is 0. The summed E-state index contributed by atoms with van der Waals surface area (Å²) >= 11 is 0. The fraction of sp³-hybridized carbons (Fsp3) is 0.774. The van der Waals surface area contributed by atoms with E-state index in [4.69, 9.17) is 0 Å². The molecule has 0 bridgehead atoms. The number of phenols is 1. The number of unbranched alkanes of at least 4 members (excludes halogenated alkanes) is 12. The van der Waals surface area contributed by atoms with Crippen LogP contribution in [-0.2, 0) is 4.79 Å². The van der Waals surface area contributed by atoms with Crippen LogP contribution in [0.1, 0.15) is 136 Å². The molecular weight excluding hydrogens is 448 g/mol. The van der Waals surface area contributed by atoms with Crippen LogP contribution in [0.5, 0.6) is 5.75 Å². The lowest BCUT2D eigenvalue weighted by atomic mass is 10.0. The molecule has 1 amide bonds. The summed E-state index contributed by atoms with van der Waals surface area (Å²) in [6, 6.07) is 6.30. The van der Waals surface area contributed by atoms with E-state index in [0.29, 0.717) is 13.0 Å². The fourth-order valence-corrected chi connectivity index (χ4v) is 4.95. The third kappa shape index (κ3) is 14.8. The Morgan fingerprint density at radius 2 is 1.31 bits per heavy atom. The van der Waals surface area contributed by atoms with Crippen LogP contribution >= 0.6 is 0 Å². The molecule has 0 unspecified atom stereocenters. The number of amides is 1. The average molecular weight is 507 g/mol. The smallest absolute Gasteiger partial charge is 0.220 e. The number of nitrogens with one attached hydrogen (secondary N) is 1. The van der Waals surface area contributed by atoms with E-state index in [2.05, 4.69) is 17.1 Å². The highest BCUT2D eigenvalue weighted by Gasteiger charge is 2.26. The minimum atomic E-state index is -0.781. The van der Waals surface area contributed by atoms with E-state index in [1.165, 1.54) is 83.5 Å². The number of nitrogens with zero attached hydrogens (tertiary/aromatic N) is 1. The van der Waals surface area contributed by atoms with Gasteiger partial charge in [0.25, 0.3) is 0 Å². The summed E-state index contributed by atoms with van der Waals surface area (Å²) in [5.41, 5.74) is 0.725. The van der Waals surface area contributed by atoms with Gasteiger partial charge in [-0.15, -0.1) is 0 Å². The lowest BCUT2D eigenvalue weighted by Crippen LogP contribution is -2.46. The van der Waals surface area contributed by atoms with Crippen molar-refractivity contribution in [2.75, 3.05) is 19.6 Å². The van der Waals surface area contributed by atoms with Crippen LogP contribution in [0.15, 0.2) is 24.3 Å². The van der Waals surface area contributed by atoms with E-state index in [-0.39, 0.29) is 32.6 Å². The molecule has 0 spiro atoms. The minimum Gasteiger partial charge on any atom is -0.508 e. The maximum Gasteiger partial charge on any atom is 0.220 e. The summed E-state index contributed by atoms with van der Waals surface area (Å²) in [5.74, 6) is 0.212. The summed E-state index contributed by atoms with van der Waals surface area (Å²) in [4.78, 5) is 15.0. The third-order valence-corrected chi connectivity index (χ3v) is 7.12. The van der Waals surface area contributed by atoms with Crippen LogP contribution in [0, 0.1) is 0 Å². The highest BCUT2D eigenvalue weighted by molar-refractivity contribution is 5.76. The highest BCUT2D eigenvalue weighted by atomic mass is 16.3. The van der Waals surface area contributed by atoms with Crippen molar-refractivity contribution in [3.8, 4) is 5.75 Å². The molecule has 0 radical (unpaired) electrons. The van der Waals surface area contributed by atoms with Gasteiger partial charge in [0.1, 0.15) is 11.9 Å². The second-order valence-electron chi connectivity index (χ2n) is 10.2. The predicted molar refractivity (Wildman–Crippen MR) is 154 cm³/mol. The van der Waals surface area contributed by atoms with Crippen molar-refractivity contribution in [2.45, 2.75) is 137 Å². The number of phenolic OH excluding ortho intramolecular Hbond substituents is 1. The number of hydrogen-bond acceptors (Lipinski definition) is 4. The fourth-order valence-electron chi connectivity index (χ4n) is 4.95. The molecule has 1 aliphatic heterocycles. The van der Waals surface area contributed by atoms with Crippen LogP contribution < -0.4 is 5.32 Å². The Bertz CT molecular complexity index is 644. The van der Waals surface area contributed by atoms with E-state index in [9.17, 15) is 15.0 Å². The molecular formula is C31H58N2O3. The second-order valence-corrected chi connectivity index (χ2v) is 10.2. The zero-order chi connectivity index (χ0) is 24.4. The van der Waals surface area contributed by atoms with Gasteiger partial charge in [-0.05, 0) is 50.0 Å². The maximum absolute atomic E-state index is 12.6. The zero-order valence-corrected chi connectivity index (χ0v) is 21.6. The number of rotatable bonds is 19. The molecule has 210 valence electrons. The molecule has 5 nitrogen and oxygen atoms in total. The van der Waals surface area contributed by atoms with Crippen molar-refractivity contribution >= 4 is 5.91 Å². The number of likely N-dealkylation sites (tertiary alicyclic amines) is 1. The Balaban J connectivity index is 0.00000612. The number of aromatic hydroxyl groups is 1. The molecule has 0 aromatic heterocycles. The van der Waals surface area contributed by atoms with Crippen molar-refractivity contribution < 1.29 is 15.0 Å². The van der Waals surface area contributed by atoms with Crippen molar-refractivity contribution in [3.63, 3.8) is 0 Å². The summed E-state index contributed by atoms with van der Waals surface area (Å²) in [6.45, 7) is 4.97. The number of aliphatic hydroxyl groups is 1. The summed E-state index contributed by atoms with van der Waals surface area (Å²) in [5, 5.41) is 23.6. The van der Waals surface area contributed by atoms with E-state index >= 15 is 0 Å². The molecule has 1 aromatic carbocycles. The number of hydrogen-bond donors (Lipinski definition) is 3. The number of benzene rings is 1. The molecule has 5 heteroatoms. The summed E-state index contributed by atoms with van der Waals surface area (Å²) < 4.78 is 0. The van der Waals surface area contributed by atoms with Crippen LogP contribution in [0.4, 0.5) is 0 Å². The van der Waals surface area contributed by atoms with Crippen LogP contribution in [0.3, 0.4) is 0 Å². The van der Waals surface area contributed by atoms with Gasteiger partial charge in [-0.25, -0.2) is 0 Å². The van der Waals surface area contributed by atoms with E-state index < -0.39 is 6.10 Å². The zero-order valence-electron chi connectivity index (χ0n) is 21.6. The summed E-state index contributed by atoms with van der Waals surface area (Å²) in [6.07, 6.45) is 18.9. The molecule has 2 rings (SSSR count). The van der Waals surface area contributed by atoms with Crippen LogP contribution in [0.2, 0.25) is 0 Å². The van der Waals surface area contributed by atoms with Gasteiger partial charge in [-0.2, -0.15) is 0 Å². The van der Waals surface area contributed by atoms with Crippen molar-refractivity contribution in [1.82, 2.24) is 10.2 Å². The normalized spacial score (nSPS) is 15.1. The van der Waals surface area contributed by atoms with E-state index in [0.717, 1.165) is 31.5 Å². The van der Waals surface area contributed by atoms with Crippen LogP contribution in [-0.4, -0.2) is 46.7 Å². The third-order valence-electron chi connectivity index (χ3n) is 7.12. The molecule has 1 fully saturated rings. The lowest BCUT2D eigenvalue weighted by Gasteiger charge is -2.28. The van der Waals surface area contributed by atoms with Crippen molar-refractivity contribution in [2.24, 2.45) is 0 Å². The SMILES string of the molecule is C.C.CCCCCCCCCCCCCCCC(=O)N[C@H](CN1CCCC1)[C@H](O)c1ccc(O)cc1. The molecule has 3 N–H and O–H groups in total. The Kier molecular flexibility index (Phi) is 20.5. The monoisotopic (exact) mass is 506 g/mol. The standard InChI is InChI=1S/C29H50N2O3.2CH4/c1-2-3-4-5-6-7-8-9-10-11-12-13-14-17-28(33)30-27(24-31-22-15-16-23-31)29(34)25-18-20-26(32)21-19-25;;/h18-21,27,29,32,34H,2-17,22-24H2,1H3,(H,30,33);2*1H4/t27-,29-;;/m1../s1. The van der Waals surface area contributed by atoms with Gasteiger partial charge in [-0.1, -0.05) is 111 Å². The van der Waals surface area contributed by atoms with E-state index in [1.54, 1.807) is 24.3 Å². The Hall–Kier alpha value is -1.59. The van der Waals surface area contributed by atoms with Gasteiger partial charge in [-0.3, -0.25) is 4.79 Å². The predicted octanol–water partition coefficient (Wildman–Crippen LogP) is 7.76. The first-order valence-electron chi connectivity index (χ1n) is 14.1. The first kappa shape index (κ1) is 34.4. The molecule has 36 heavy (non-hydrogen) atoms. The topological polar surface area (TPSA) is 72.8 Å². The van der Waals surface area contributed by atoms with Gasteiger partial charge in [0, 0.05) is 13.0 Å². The first-order chi connectivity index (χ1) is 16.6. The first-order valence-corrected chi connectivity index (χ1v) is 14.1. The average Bonchev–Trinajstić information content (AvgIpc) is 3.35. The maximum atomic E-state index is 12.6. The molecule has 2 atom stereocenters. The van der Waals surface area contributed by atoms with Crippen molar-refractivity contribution in [3.05, 3.63) is 29.8 Å². The molecule has 1 aliphatic rings. The van der Waals surface area contributed by atoms with Crippen molar-refractivity contribution in [1.29, 1.82) is 0 Å². The second kappa shape index (κ2) is 21.5. The van der Waals surface area contributed by atoms with Gasteiger partial charge in [0.2, 0.25) is 5.91 Å². The van der Waals surface area contributed by atoms with Crippen LogP contribution in [0.25, 0.3) is 0 Å². The van der Waals surface area contributed by atoms with Gasteiger partial charge >= 0.3 is 0 Å². The largest absolute Gasteiger partial charge is 0.508 e.